The summed E-state index contributed by atoms with van der Waals surface area (Å²) < 4.78 is 1.63. The van der Waals surface area contributed by atoms with E-state index in [-0.39, 0.29) is 17.2 Å². The van der Waals surface area contributed by atoms with Gasteiger partial charge in [-0.1, -0.05) is 55.9 Å². The van der Waals surface area contributed by atoms with Gasteiger partial charge < -0.3 is 0 Å². The fourth-order valence-corrected chi connectivity index (χ4v) is 3.62. The third-order valence-corrected chi connectivity index (χ3v) is 5.42. The Hall–Kier alpha value is -3.13. The van der Waals surface area contributed by atoms with Crippen LogP contribution in [-0.2, 0) is 11.3 Å². The summed E-state index contributed by atoms with van der Waals surface area (Å²) in [6.07, 6.45) is 0.826. The molecule has 0 unspecified atom stereocenters. The third kappa shape index (κ3) is 5.48. The van der Waals surface area contributed by atoms with E-state index in [2.05, 4.69) is 29.7 Å². The molecule has 0 atom stereocenters. The van der Waals surface area contributed by atoms with Crippen molar-refractivity contribution in [3.05, 3.63) is 70.5 Å². The van der Waals surface area contributed by atoms with Crippen LogP contribution in [0.1, 0.15) is 30.6 Å². The second-order valence-corrected chi connectivity index (χ2v) is 8.15. The van der Waals surface area contributed by atoms with Crippen molar-refractivity contribution in [2.45, 2.75) is 32.0 Å². The van der Waals surface area contributed by atoms with Crippen LogP contribution in [0.5, 0.6) is 0 Å². The van der Waals surface area contributed by atoms with Crippen molar-refractivity contribution in [1.82, 2.24) is 20.4 Å². The lowest BCUT2D eigenvalue weighted by Gasteiger charge is -2.14. The molecule has 1 heterocycles. The number of hydrazine groups is 1. The first-order valence-electron chi connectivity index (χ1n) is 9.72. The van der Waals surface area contributed by atoms with Crippen LogP contribution in [0, 0.1) is 5.92 Å². The molecule has 0 bridgehead atoms. The quantitative estimate of drug-likeness (QED) is 0.346. The maximum atomic E-state index is 12.9. The number of amides is 2. The standard InChI is InChI=1S/C22H24N4O3S/c1-15(2)12-13-26-21(29)17-10-6-7-11-18(17)23-22(26)30-14-19(27)24-25-20(28)16-8-4-3-5-9-16/h3-11,15H,12-14H2,1-2H3,(H,24,27)(H,25,28). The first-order valence-corrected chi connectivity index (χ1v) is 10.7. The molecule has 0 radical (unpaired) electrons. The normalized spacial score (nSPS) is 10.9. The summed E-state index contributed by atoms with van der Waals surface area (Å²) in [5.74, 6) is -0.340. The SMILES string of the molecule is CC(C)CCn1c(SCC(=O)NNC(=O)c2ccccc2)nc2ccccc2c1=O. The molecule has 0 aliphatic rings. The molecule has 0 aliphatic carbocycles. The molecule has 7 nitrogen and oxygen atoms in total. The van der Waals surface area contributed by atoms with E-state index in [0.717, 1.165) is 6.42 Å². The van der Waals surface area contributed by atoms with Gasteiger partial charge in [-0.05, 0) is 36.6 Å². The Balaban J connectivity index is 1.69. The highest BCUT2D eigenvalue weighted by Gasteiger charge is 2.14. The number of hydrogen-bond donors (Lipinski definition) is 2. The third-order valence-electron chi connectivity index (χ3n) is 4.44. The average molecular weight is 425 g/mol. The Labute approximate surface area is 178 Å². The Bertz CT molecular complexity index is 1100. The van der Waals surface area contributed by atoms with Crippen LogP contribution in [0.25, 0.3) is 10.9 Å². The largest absolute Gasteiger partial charge is 0.287 e. The number of hydrogen-bond acceptors (Lipinski definition) is 5. The van der Waals surface area contributed by atoms with Crippen molar-refractivity contribution < 1.29 is 9.59 Å². The summed E-state index contributed by atoms with van der Waals surface area (Å²) in [4.78, 5) is 41.8. The van der Waals surface area contributed by atoms with Gasteiger partial charge >= 0.3 is 0 Å². The number of benzene rings is 2. The smallest absolute Gasteiger partial charge is 0.269 e. The minimum atomic E-state index is -0.397. The second-order valence-electron chi connectivity index (χ2n) is 7.21. The number of nitrogens with one attached hydrogen (secondary N) is 2. The second kappa shape index (κ2) is 10.1. The van der Waals surface area contributed by atoms with Crippen LogP contribution >= 0.6 is 11.8 Å². The highest BCUT2D eigenvalue weighted by molar-refractivity contribution is 7.99. The summed E-state index contributed by atoms with van der Waals surface area (Å²) in [7, 11) is 0. The minimum absolute atomic E-state index is 0.0154. The molecule has 2 aromatic carbocycles. The monoisotopic (exact) mass is 424 g/mol. The van der Waals surface area contributed by atoms with Crippen molar-refractivity contribution >= 4 is 34.5 Å². The van der Waals surface area contributed by atoms with E-state index in [9.17, 15) is 14.4 Å². The first kappa shape index (κ1) is 21.6. The number of carbonyl (C=O) groups excluding carboxylic acids is 2. The highest BCUT2D eigenvalue weighted by Crippen LogP contribution is 2.18. The Kier molecular flexibility index (Phi) is 7.24. The van der Waals surface area contributed by atoms with Crippen LogP contribution in [0.2, 0.25) is 0 Å². The van der Waals surface area contributed by atoms with Gasteiger partial charge in [0.05, 0.1) is 16.7 Å². The summed E-state index contributed by atoms with van der Waals surface area (Å²) in [5, 5.41) is 1.05. The molecule has 3 rings (SSSR count). The van der Waals surface area contributed by atoms with Gasteiger partial charge in [0, 0.05) is 12.1 Å². The van der Waals surface area contributed by atoms with Crippen molar-refractivity contribution in [2.75, 3.05) is 5.75 Å². The van der Waals surface area contributed by atoms with Gasteiger partial charge in [-0.25, -0.2) is 4.98 Å². The number of rotatable bonds is 7. The Morgan fingerprint density at radius 2 is 1.73 bits per heavy atom. The van der Waals surface area contributed by atoms with E-state index in [1.165, 1.54) is 11.8 Å². The fraction of sp³-hybridized carbons (Fsp3) is 0.273. The maximum Gasteiger partial charge on any atom is 0.269 e. The summed E-state index contributed by atoms with van der Waals surface area (Å²) in [6.45, 7) is 4.72. The molecule has 0 fully saturated rings. The molecule has 1 aromatic heterocycles. The van der Waals surface area contributed by atoms with Crippen molar-refractivity contribution in [3.63, 3.8) is 0 Å². The predicted octanol–water partition coefficient (Wildman–Crippen LogP) is 3.00. The fourth-order valence-electron chi connectivity index (χ4n) is 2.80. The van der Waals surface area contributed by atoms with Crippen LogP contribution in [0.3, 0.4) is 0 Å². The number of thioether (sulfide) groups is 1. The zero-order valence-corrected chi connectivity index (χ0v) is 17.7. The number of nitrogens with zero attached hydrogens (tertiary/aromatic N) is 2. The van der Waals surface area contributed by atoms with E-state index in [0.29, 0.717) is 34.1 Å². The van der Waals surface area contributed by atoms with Gasteiger partial charge in [0.2, 0.25) is 5.91 Å². The van der Waals surface area contributed by atoms with E-state index < -0.39 is 5.91 Å². The zero-order valence-electron chi connectivity index (χ0n) is 16.9. The molecule has 3 aromatic rings. The van der Waals surface area contributed by atoms with Crippen molar-refractivity contribution in [2.24, 2.45) is 5.92 Å². The number of para-hydroxylation sites is 1. The first-order chi connectivity index (χ1) is 14.5. The summed E-state index contributed by atoms with van der Waals surface area (Å²) in [5.41, 5.74) is 5.73. The lowest BCUT2D eigenvalue weighted by Crippen LogP contribution is -2.42. The summed E-state index contributed by atoms with van der Waals surface area (Å²) in [6, 6.07) is 15.8. The molecule has 0 spiro atoms. The zero-order chi connectivity index (χ0) is 21.5. The highest BCUT2D eigenvalue weighted by atomic mass is 32.2. The van der Waals surface area contributed by atoms with E-state index in [1.807, 2.05) is 12.1 Å². The maximum absolute atomic E-state index is 12.9. The topological polar surface area (TPSA) is 93.1 Å². The molecular weight excluding hydrogens is 400 g/mol. The molecule has 2 amide bonds. The molecule has 0 saturated carbocycles. The molecule has 156 valence electrons. The Morgan fingerprint density at radius 3 is 2.47 bits per heavy atom. The van der Waals surface area contributed by atoms with Crippen molar-refractivity contribution in [1.29, 1.82) is 0 Å². The number of aromatic nitrogens is 2. The van der Waals surface area contributed by atoms with Gasteiger partial charge in [0.25, 0.3) is 11.5 Å². The van der Waals surface area contributed by atoms with Gasteiger partial charge in [-0.3, -0.25) is 29.8 Å². The number of fused-ring (bicyclic) bond motifs is 1. The van der Waals surface area contributed by atoms with E-state index >= 15 is 0 Å². The van der Waals surface area contributed by atoms with Crippen LogP contribution in [-0.4, -0.2) is 27.1 Å². The molecule has 30 heavy (non-hydrogen) atoms. The van der Waals surface area contributed by atoms with Gasteiger partial charge in [-0.15, -0.1) is 0 Å². The van der Waals surface area contributed by atoms with Gasteiger partial charge in [-0.2, -0.15) is 0 Å². The lowest BCUT2D eigenvalue weighted by atomic mass is 10.1. The molecule has 0 saturated heterocycles. The molecule has 8 heteroatoms. The van der Waals surface area contributed by atoms with Crippen LogP contribution < -0.4 is 16.4 Å². The molecule has 0 aliphatic heterocycles. The molecule has 2 N–H and O–H groups in total. The van der Waals surface area contributed by atoms with Crippen LogP contribution in [0.4, 0.5) is 0 Å². The lowest BCUT2D eigenvalue weighted by molar-refractivity contribution is -0.119. The Morgan fingerprint density at radius 1 is 1.03 bits per heavy atom. The van der Waals surface area contributed by atoms with E-state index in [4.69, 9.17) is 0 Å². The number of carbonyl (C=O) groups is 2. The average Bonchev–Trinajstić information content (AvgIpc) is 2.76. The van der Waals surface area contributed by atoms with E-state index in [1.54, 1.807) is 47.0 Å². The summed E-state index contributed by atoms with van der Waals surface area (Å²) >= 11 is 1.17. The predicted molar refractivity (Wildman–Crippen MR) is 118 cm³/mol. The van der Waals surface area contributed by atoms with Crippen LogP contribution in [0.15, 0.2) is 64.5 Å². The van der Waals surface area contributed by atoms with Gasteiger partial charge in [0.1, 0.15) is 0 Å². The molecular formula is C22H24N4O3S. The van der Waals surface area contributed by atoms with Crippen molar-refractivity contribution in [3.8, 4) is 0 Å². The minimum Gasteiger partial charge on any atom is -0.287 e. The van der Waals surface area contributed by atoms with Gasteiger partial charge in [0.15, 0.2) is 5.16 Å².